The fraction of sp³-hybridized carbons (Fsp3) is 0.389. The molecule has 138 valence electrons. The minimum absolute atomic E-state index is 0.111. The second kappa shape index (κ2) is 6.66. The highest BCUT2D eigenvalue weighted by Gasteiger charge is 2.39. The van der Waals surface area contributed by atoms with Crippen molar-refractivity contribution < 1.29 is 18.0 Å². The van der Waals surface area contributed by atoms with Crippen molar-refractivity contribution in [3.05, 3.63) is 47.7 Å². The summed E-state index contributed by atoms with van der Waals surface area (Å²) in [5, 5.41) is 6.96. The number of H-pyrrole nitrogens is 1. The number of carbonyl (C=O) groups is 1. The van der Waals surface area contributed by atoms with Crippen molar-refractivity contribution in [1.29, 1.82) is 0 Å². The number of carbonyl (C=O) groups excluding carboxylic acids is 1. The standard InChI is InChI=1S/C18H18F3N3OS/c19-18(20,21)15-7-8-16(24-15)26-12-4-1-10(2-5-12)17(25)23-14-9-11-3-6-13(14)22-11/h1-2,4-5,7-8,11,13-14,22,24H,3,6,9H2,(H,23,25). The molecular weight excluding hydrogens is 363 g/mol. The van der Waals surface area contributed by atoms with Gasteiger partial charge in [-0.2, -0.15) is 13.2 Å². The minimum atomic E-state index is -4.38. The molecule has 2 aliphatic rings. The molecule has 4 nitrogen and oxygen atoms in total. The van der Waals surface area contributed by atoms with Crippen LogP contribution in [0.2, 0.25) is 0 Å². The zero-order valence-electron chi connectivity index (χ0n) is 13.8. The minimum Gasteiger partial charge on any atom is -0.348 e. The van der Waals surface area contributed by atoms with E-state index in [2.05, 4.69) is 15.6 Å². The first-order valence-electron chi connectivity index (χ1n) is 8.49. The molecule has 4 rings (SSSR count). The zero-order valence-corrected chi connectivity index (χ0v) is 14.6. The Hall–Kier alpha value is -1.93. The highest BCUT2D eigenvalue weighted by Crippen LogP contribution is 2.33. The number of alkyl halides is 3. The van der Waals surface area contributed by atoms with E-state index >= 15 is 0 Å². The third kappa shape index (κ3) is 3.61. The van der Waals surface area contributed by atoms with Crippen LogP contribution >= 0.6 is 11.8 Å². The number of hydrogen-bond acceptors (Lipinski definition) is 3. The number of halogens is 3. The first kappa shape index (κ1) is 17.5. The molecule has 0 saturated carbocycles. The van der Waals surface area contributed by atoms with Crippen molar-refractivity contribution in [2.45, 2.75) is 53.5 Å². The van der Waals surface area contributed by atoms with Gasteiger partial charge < -0.3 is 15.6 Å². The smallest absolute Gasteiger partial charge is 0.348 e. The van der Waals surface area contributed by atoms with Crippen LogP contribution < -0.4 is 10.6 Å². The van der Waals surface area contributed by atoms with E-state index in [1.807, 2.05) is 0 Å². The van der Waals surface area contributed by atoms with Gasteiger partial charge >= 0.3 is 6.18 Å². The lowest BCUT2D eigenvalue weighted by atomic mass is 9.95. The molecule has 1 amide bonds. The van der Waals surface area contributed by atoms with E-state index in [1.54, 1.807) is 24.3 Å². The number of fused-ring (bicyclic) bond motifs is 2. The molecule has 0 aliphatic carbocycles. The van der Waals surface area contributed by atoms with Crippen molar-refractivity contribution in [3.8, 4) is 0 Å². The van der Waals surface area contributed by atoms with Crippen LogP contribution in [0.3, 0.4) is 0 Å². The number of aromatic amines is 1. The Balaban J connectivity index is 1.37. The fourth-order valence-corrected chi connectivity index (χ4v) is 4.46. The molecule has 0 radical (unpaired) electrons. The molecular formula is C18H18F3N3OS. The van der Waals surface area contributed by atoms with Crippen LogP contribution in [0.1, 0.15) is 35.3 Å². The van der Waals surface area contributed by atoms with Gasteiger partial charge in [0.2, 0.25) is 0 Å². The first-order valence-corrected chi connectivity index (χ1v) is 9.31. The summed E-state index contributed by atoms with van der Waals surface area (Å²) in [6.45, 7) is 0. The predicted molar refractivity (Wildman–Crippen MR) is 92.2 cm³/mol. The van der Waals surface area contributed by atoms with Gasteiger partial charge in [-0.15, -0.1) is 0 Å². The third-order valence-corrected chi connectivity index (χ3v) is 5.89. The third-order valence-electron chi connectivity index (χ3n) is 4.93. The number of benzene rings is 1. The second-order valence-electron chi connectivity index (χ2n) is 6.72. The van der Waals surface area contributed by atoms with Gasteiger partial charge in [-0.25, -0.2) is 0 Å². The van der Waals surface area contributed by atoms with Gasteiger partial charge in [0.25, 0.3) is 5.91 Å². The maximum absolute atomic E-state index is 12.6. The largest absolute Gasteiger partial charge is 0.431 e. The number of amides is 1. The Morgan fingerprint density at radius 2 is 1.88 bits per heavy atom. The van der Waals surface area contributed by atoms with E-state index in [1.165, 1.54) is 24.2 Å². The summed E-state index contributed by atoms with van der Waals surface area (Å²) in [6.07, 6.45) is -1.13. The monoisotopic (exact) mass is 381 g/mol. The summed E-state index contributed by atoms with van der Waals surface area (Å²) >= 11 is 1.19. The zero-order chi connectivity index (χ0) is 18.3. The quantitative estimate of drug-likeness (QED) is 0.755. The van der Waals surface area contributed by atoms with Crippen molar-refractivity contribution in [2.75, 3.05) is 0 Å². The normalized spacial score (nSPS) is 24.8. The Kier molecular flexibility index (Phi) is 4.48. The van der Waals surface area contributed by atoms with Gasteiger partial charge in [0, 0.05) is 28.6 Å². The fourth-order valence-electron chi connectivity index (χ4n) is 3.64. The van der Waals surface area contributed by atoms with Gasteiger partial charge in [-0.1, -0.05) is 11.8 Å². The average molecular weight is 381 g/mol. The molecule has 3 heterocycles. The maximum atomic E-state index is 12.6. The van der Waals surface area contributed by atoms with Crippen LogP contribution in [0.25, 0.3) is 0 Å². The van der Waals surface area contributed by atoms with Gasteiger partial charge in [-0.3, -0.25) is 4.79 Å². The summed E-state index contributed by atoms with van der Waals surface area (Å²) in [7, 11) is 0. The molecule has 26 heavy (non-hydrogen) atoms. The maximum Gasteiger partial charge on any atom is 0.431 e. The SMILES string of the molecule is O=C(NC1CC2CCC1N2)c1ccc(Sc2ccc(C(F)(F)F)[nH]2)cc1. The van der Waals surface area contributed by atoms with Crippen LogP contribution in [0.4, 0.5) is 13.2 Å². The van der Waals surface area contributed by atoms with Gasteiger partial charge in [0.05, 0.1) is 5.03 Å². The van der Waals surface area contributed by atoms with Crippen LogP contribution in [-0.4, -0.2) is 29.0 Å². The Bertz CT molecular complexity index is 803. The van der Waals surface area contributed by atoms with E-state index in [-0.39, 0.29) is 11.9 Å². The molecule has 2 bridgehead atoms. The van der Waals surface area contributed by atoms with Crippen molar-refractivity contribution in [2.24, 2.45) is 0 Å². The highest BCUT2D eigenvalue weighted by atomic mass is 32.2. The summed E-state index contributed by atoms with van der Waals surface area (Å²) in [6, 6.07) is 10.4. The van der Waals surface area contributed by atoms with E-state index < -0.39 is 11.9 Å². The molecule has 8 heteroatoms. The predicted octanol–water partition coefficient (Wildman–Crippen LogP) is 3.81. The number of aromatic nitrogens is 1. The second-order valence-corrected chi connectivity index (χ2v) is 7.84. The molecule has 0 spiro atoms. The van der Waals surface area contributed by atoms with Crippen LogP contribution in [0.5, 0.6) is 0 Å². The first-order chi connectivity index (χ1) is 12.4. The summed E-state index contributed by atoms with van der Waals surface area (Å²) in [5.41, 5.74) is -0.213. The lowest BCUT2D eigenvalue weighted by Crippen LogP contribution is -2.42. The van der Waals surface area contributed by atoms with E-state index in [9.17, 15) is 18.0 Å². The van der Waals surface area contributed by atoms with E-state index in [0.29, 0.717) is 22.7 Å². The molecule has 2 aromatic rings. The Labute approximate surface area is 152 Å². The van der Waals surface area contributed by atoms with Crippen molar-refractivity contribution in [1.82, 2.24) is 15.6 Å². The van der Waals surface area contributed by atoms with Gasteiger partial charge in [-0.05, 0) is 55.7 Å². The molecule has 1 aromatic carbocycles. The summed E-state index contributed by atoms with van der Waals surface area (Å²) in [4.78, 5) is 15.5. The van der Waals surface area contributed by atoms with E-state index in [4.69, 9.17) is 0 Å². The average Bonchev–Trinajstić information content (AvgIpc) is 3.31. The number of nitrogens with one attached hydrogen (secondary N) is 3. The molecule has 2 fully saturated rings. The van der Waals surface area contributed by atoms with Crippen LogP contribution in [0.15, 0.2) is 46.3 Å². The molecule has 2 aliphatic heterocycles. The highest BCUT2D eigenvalue weighted by molar-refractivity contribution is 7.99. The molecule has 3 unspecified atom stereocenters. The topological polar surface area (TPSA) is 56.9 Å². The van der Waals surface area contributed by atoms with Gasteiger partial charge in [0.1, 0.15) is 5.69 Å². The molecule has 3 atom stereocenters. The lowest BCUT2D eigenvalue weighted by molar-refractivity contribution is -0.141. The molecule has 2 saturated heterocycles. The van der Waals surface area contributed by atoms with Crippen molar-refractivity contribution >= 4 is 17.7 Å². The Morgan fingerprint density at radius 3 is 2.46 bits per heavy atom. The summed E-state index contributed by atoms with van der Waals surface area (Å²) in [5.74, 6) is -0.111. The summed E-state index contributed by atoms with van der Waals surface area (Å²) < 4.78 is 37.8. The molecule has 1 aromatic heterocycles. The Morgan fingerprint density at radius 1 is 1.12 bits per heavy atom. The number of rotatable bonds is 4. The van der Waals surface area contributed by atoms with Gasteiger partial charge in [0.15, 0.2) is 0 Å². The molecule has 3 N–H and O–H groups in total. The van der Waals surface area contributed by atoms with E-state index in [0.717, 1.165) is 23.8 Å². The van der Waals surface area contributed by atoms with Crippen LogP contribution in [-0.2, 0) is 6.18 Å². The lowest BCUT2D eigenvalue weighted by Gasteiger charge is -2.21. The number of hydrogen-bond donors (Lipinski definition) is 3. The van der Waals surface area contributed by atoms with Crippen LogP contribution in [0, 0.1) is 0 Å². The van der Waals surface area contributed by atoms with Crippen molar-refractivity contribution in [3.63, 3.8) is 0 Å².